The first-order chi connectivity index (χ1) is 10.2. The van der Waals surface area contributed by atoms with Crippen LogP contribution in [0.1, 0.15) is 11.1 Å². The Morgan fingerprint density at radius 3 is 2.71 bits per heavy atom. The highest BCUT2D eigenvalue weighted by Gasteiger charge is 2.14. The summed E-state index contributed by atoms with van der Waals surface area (Å²) in [5.41, 5.74) is 1.81. The molecule has 1 fully saturated rings. The van der Waals surface area contributed by atoms with Crippen molar-refractivity contribution in [3.63, 3.8) is 0 Å². The topological polar surface area (TPSA) is 56.2 Å². The minimum Gasteiger partial charge on any atom is -0.507 e. The molecular weight excluding hydrogens is 268 g/mol. The summed E-state index contributed by atoms with van der Waals surface area (Å²) in [4.78, 5) is 4.56. The Bertz CT molecular complexity index is 434. The maximum absolute atomic E-state index is 10.1. The molecule has 5 heteroatoms. The quantitative estimate of drug-likeness (QED) is 0.780. The van der Waals surface area contributed by atoms with Gasteiger partial charge in [-0.05, 0) is 12.5 Å². The van der Waals surface area contributed by atoms with Crippen LogP contribution in [0.5, 0.6) is 5.75 Å². The Kier molecular flexibility index (Phi) is 6.45. The van der Waals surface area contributed by atoms with Crippen LogP contribution in [-0.4, -0.2) is 72.6 Å². The Balaban J connectivity index is 1.90. The number of aryl methyl sites for hydroxylation is 1. The molecule has 0 atom stereocenters. The van der Waals surface area contributed by atoms with Gasteiger partial charge in [0, 0.05) is 44.8 Å². The van der Waals surface area contributed by atoms with Crippen molar-refractivity contribution in [1.29, 1.82) is 0 Å². The van der Waals surface area contributed by atoms with Crippen LogP contribution < -0.4 is 0 Å². The summed E-state index contributed by atoms with van der Waals surface area (Å²) < 4.78 is 5.35. The smallest absolute Gasteiger partial charge is 0.122 e. The summed E-state index contributed by atoms with van der Waals surface area (Å²) >= 11 is 0. The third kappa shape index (κ3) is 4.97. The second-order valence-corrected chi connectivity index (χ2v) is 5.54. The first-order valence-electron chi connectivity index (χ1n) is 7.61. The molecule has 1 aliphatic heterocycles. The molecule has 21 heavy (non-hydrogen) atoms. The Labute approximate surface area is 126 Å². The van der Waals surface area contributed by atoms with Gasteiger partial charge < -0.3 is 14.9 Å². The molecular formula is C16H26N2O3. The van der Waals surface area contributed by atoms with Crippen LogP contribution in [0.4, 0.5) is 0 Å². The first-order valence-corrected chi connectivity index (χ1v) is 7.61. The van der Waals surface area contributed by atoms with Gasteiger partial charge in [0.1, 0.15) is 5.75 Å². The summed E-state index contributed by atoms with van der Waals surface area (Å²) in [5.74, 6) is 0.367. The van der Waals surface area contributed by atoms with E-state index in [0.717, 1.165) is 50.5 Å². The van der Waals surface area contributed by atoms with Crippen molar-refractivity contribution in [3.8, 4) is 5.75 Å². The lowest BCUT2D eigenvalue weighted by atomic mass is 10.1. The molecule has 0 aliphatic carbocycles. The lowest BCUT2D eigenvalue weighted by Gasteiger charge is -2.30. The van der Waals surface area contributed by atoms with Gasteiger partial charge in [0.05, 0.1) is 19.8 Å². The molecule has 0 unspecified atom stereocenters. The van der Waals surface area contributed by atoms with E-state index in [4.69, 9.17) is 4.74 Å². The molecule has 1 aromatic rings. The van der Waals surface area contributed by atoms with Crippen LogP contribution in [0.2, 0.25) is 0 Å². The second-order valence-electron chi connectivity index (χ2n) is 5.54. The number of hydrogen-bond donors (Lipinski definition) is 2. The molecule has 2 N–H and O–H groups in total. The van der Waals surface area contributed by atoms with E-state index >= 15 is 0 Å². The molecule has 1 aromatic carbocycles. The zero-order valence-electron chi connectivity index (χ0n) is 12.8. The molecule has 0 saturated carbocycles. The minimum atomic E-state index is 0.135. The number of morpholine rings is 1. The summed E-state index contributed by atoms with van der Waals surface area (Å²) in [6.45, 7) is 8.74. The van der Waals surface area contributed by atoms with Crippen molar-refractivity contribution in [3.05, 3.63) is 29.3 Å². The van der Waals surface area contributed by atoms with Crippen LogP contribution >= 0.6 is 0 Å². The molecule has 0 amide bonds. The predicted molar refractivity (Wildman–Crippen MR) is 82.5 cm³/mol. The van der Waals surface area contributed by atoms with E-state index in [0.29, 0.717) is 18.8 Å². The fourth-order valence-electron chi connectivity index (χ4n) is 2.61. The molecule has 0 aromatic heterocycles. The van der Waals surface area contributed by atoms with Crippen LogP contribution in [0.25, 0.3) is 0 Å². The van der Waals surface area contributed by atoms with Crippen molar-refractivity contribution < 1.29 is 14.9 Å². The maximum atomic E-state index is 10.1. The van der Waals surface area contributed by atoms with Crippen molar-refractivity contribution in [2.45, 2.75) is 13.5 Å². The number of phenols is 1. The fourth-order valence-corrected chi connectivity index (χ4v) is 2.61. The zero-order chi connectivity index (χ0) is 15.1. The summed E-state index contributed by atoms with van der Waals surface area (Å²) in [6, 6.07) is 5.81. The highest BCUT2D eigenvalue weighted by atomic mass is 16.5. The van der Waals surface area contributed by atoms with Gasteiger partial charge in [-0.1, -0.05) is 18.2 Å². The number of ether oxygens (including phenoxy) is 1. The molecule has 0 bridgehead atoms. The van der Waals surface area contributed by atoms with Crippen LogP contribution in [0.3, 0.4) is 0 Å². The van der Waals surface area contributed by atoms with Gasteiger partial charge in [-0.2, -0.15) is 0 Å². The SMILES string of the molecule is Cc1cccc(CN(CCO)CCN2CCOCC2)c1O. The monoisotopic (exact) mass is 294 g/mol. The highest BCUT2D eigenvalue weighted by molar-refractivity contribution is 5.39. The number of hydrogen-bond acceptors (Lipinski definition) is 5. The summed E-state index contributed by atoms with van der Waals surface area (Å²) in [5, 5.41) is 19.4. The van der Waals surface area contributed by atoms with Crippen molar-refractivity contribution >= 4 is 0 Å². The van der Waals surface area contributed by atoms with Gasteiger partial charge in [0.15, 0.2) is 0 Å². The first kappa shape index (κ1) is 16.2. The number of aliphatic hydroxyl groups excluding tert-OH is 1. The largest absolute Gasteiger partial charge is 0.507 e. The number of nitrogens with zero attached hydrogens (tertiary/aromatic N) is 2. The van der Waals surface area contributed by atoms with Gasteiger partial charge >= 0.3 is 0 Å². The van der Waals surface area contributed by atoms with Crippen molar-refractivity contribution in [1.82, 2.24) is 9.80 Å². The molecule has 1 heterocycles. The molecule has 118 valence electrons. The molecule has 1 saturated heterocycles. The van der Waals surface area contributed by atoms with Gasteiger partial charge in [0.25, 0.3) is 0 Å². The number of aliphatic hydroxyl groups is 1. The molecule has 0 spiro atoms. The lowest BCUT2D eigenvalue weighted by molar-refractivity contribution is 0.0320. The van der Waals surface area contributed by atoms with Crippen LogP contribution in [-0.2, 0) is 11.3 Å². The van der Waals surface area contributed by atoms with E-state index in [2.05, 4.69) is 9.80 Å². The summed E-state index contributed by atoms with van der Waals surface area (Å²) in [6.07, 6.45) is 0. The van der Waals surface area contributed by atoms with Gasteiger partial charge in [-0.15, -0.1) is 0 Å². The van der Waals surface area contributed by atoms with E-state index in [1.807, 2.05) is 25.1 Å². The number of aromatic hydroxyl groups is 1. The summed E-state index contributed by atoms with van der Waals surface area (Å²) in [7, 11) is 0. The molecule has 0 radical (unpaired) electrons. The number of para-hydroxylation sites is 1. The normalized spacial score (nSPS) is 16.5. The van der Waals surface area contributed by atoms with Gasteiger partial charge in [-0.3, -0.25) is 9.80 Å². The van der Waals surface area contributed by atoms with Gasteiger partial charge in [0.2, 0.25) is 0 Å². The number of phenolic OH excluding ortho intramolecular Hbond substituents is 1. The van der Waals surface area contributed by atoms with Crippen LogP contribution in [0.15, 0.2) is 18.2 Å². The Hall–Kier alpha value is -1.14. The minimum absolute atomic E-state index is 0.135. The third-order valence-corrected chi connectivity index (χ3v) is 3.97. The van der Waals surface area contributed by atoms with E-state index in [-0.39, 0.29) is 6.61 Å². The Morgan fingerprint density at radius 1 is 1.24 bits per heavy atom. The molecule has 5 nitrogen and oxygen atoms in total. The van der Waals surface area contributed by atoms with E-state index in [1.165, 1.54) is 0 Å². The van der Waals surface area contributed by atoms with Gasteiger partial charge in [-0.25, -0.2) is 0 Å². The number of benzene rings is 1. The average Bonchev–Trinajstić information content (AvgIpc) is 2.50. The third-order valence-electron chi connectivity index (χ3n) is 3.97. The zero-order valence-corrected chi connectivity index (χ0v) is 12.8. The van der Waals surface area contributed by atoms with E-state index < -0.39 is 0 Å². The highest BCUT2D eigenvalue weighted by Crippen LogP contribution is 2.22. The lowest BCUT2D eigenvalue weighted by Crippen LogP contribution is -2.41. The Morgan fingerprint density at radius 2 is 2.00 bits per heavy atom. The molecule has 2 rings (SSSR count). The van der Waals surface area contributed by atoms with E-state index in [1.54, 1.807) is 0 Å². The standard InChI is InChI=1S/C16H26N2O3/c1-14-3-2-4-15(16(14)20)13-18(7-10-19)6-5-17-8-11-21-12-9-17/h2-4,19-20H,5-13H2,1H3. The van der Waals surface area contributed by atoms with Crippen molar-refractivity contribution in [2.75, 3.05) is 52.5 Å². The number of rotatable bonds is 7. The molecule has 1 aliphatic rings. The second kappa shape index (κ2) is 8.34. The average molecular weight is 294 g/mol. The fraction of sp³-hybridized carbons (Fsp3) is 0.625. The van der Waals surface area contributed by atoms with Crippen molar-refractivity contribution in [2.24, 2.45) is 0 Å². The maximum Gasteiger partial charge on any atom is 0.122 e. The van der Waals surface area contributed by atoms with Crippen LogP contribution in [0, 0.1) is 6.92 Å². The predicted octanol–water partition coefficient (Wildman–Crippen LogP) is 0.827. The van der Waals surface area contributed by atoms with E-state index in [9.17, 15) is 10.2 Å².